The molecule has 3 rings (SSSR count). The Hall–Kier alpha value is -2.00. The summed E-state index contributed by atoms with van der Waals surface area (Å²) in [6, 6.07) is 13.8. The molecule has 1 aliphatic rings. The van der Waals surface area contributed by atoms with E-state index in [4.69, 9.17) is 16.3 Å². The van der Waals surface area contributed by atoms with Gasteiger partial charge in [-0.2, -0.15) is 0 Å². The number of halogens is 1. The van der Waals surface area contributed by atoms with Gasteiger partial charge in [-0.3, -0.25) is 4.79 Å². The van der Waals surface area contributed by atoms with Gasteiger partial charge >= 0.3 is 0 Å². The molecule has 1 amide bonds. The summed E-state index contributed by atoms with van der Waals surface area (Å²) >= 11 is 5.88. The fourth-order valence-corrected chi connectivity index (χ4v) is 3.35. The van der Waals surface area contributed by atoms with Crippen molar-refractivity contribution in [2.45, 2.75) is 45.1 Å². The number of nitrogens with one attached hydrogen (secondary N) is 1. The van der Waals surface area contributed by atoms with Crippen LogP contribution in [0.5, 0.6) is 5.75 Å². The Labute approximate surface area is 154 Å². The zero-order valence-corrected chi connectivity index (χ0v) is 15.3. The molecule has 4 heteroatoms. The molecule has 0 spiro atoms. The quantitative estimate of drug-likeness (QED) is 0.834. The highest BCUT2D eigenvalue weighted by Crippen LogP contribution is 2.30. The maximum absolute atomic E-state index is 12.3. The number of hydrogen-bond donors (Lipinski definition) is 1. The topological polar surface area (TPSA) is 38.3 Å². The number of carbonyl (C=O) groups is 1. The van der Waals surface area contributed by atoms with Gasteiger partial charge in [0.2, 0.25) is 0 Å². The zero-order valence-electron chi connectivity index (χ0n) is 14.6. The number of aryl methyl sites for hydroxylation is 1. The van der Waals surface area contributed by atoms with Crippen molar-refractivity contribution >= 4 is 17.5 Å². The van der Waals surface area contributed by atoms with Crippen molar-refractivity contribution in [3.63, 3.8) is 0 Å². The van der Waals surface area contributed by atoms with E-state index in [1.54, 1.807) is 6.92 Å². The van der Waals surface area contributed by atoms with Crippen molar-refractivity contribution < 1.29 is 9.53 Å². The molecule has 2 aromatic carbocycles. The van der Waals surface area contributed by atoms with E-state index < -0.39 is 6.10 Å². The maximum Gasteiger partial charge on any atom is 0.260 e. The minimum absolute atomic E-state index is 0.0811. The number of carbonyl (C=O) groups excluding carboxylic acids is 1. The van der Waals surface area contributed by atoms with E-state index in [1.807, 2.05) is 36.4 Å². The van der Waals surface area contributed by atoms with Crippen LogP contribution < -0.4 is 10.1 Å². The van der Waals surface area contributed by atoms with E-state index >= 15 is 0 Å². The van der Waals surface area contributed by atoms with Crippen LogP contribution in [-0.4, -0.2) is 18.6 Å². The summed E-state index contributed by atoms with van der Waals surface area (Å²) < 4.78 is 5.96. The molecule has 0 unspecified atom stereocenters. The Morgan fingerprint density at radius 2 is 1.92 bits per heavy atom. The van der Waals surface area contributed by atoms with Gasteiger partial charge in [0.15, 0.2) is 6.10 Å². The van der Waals surface area contributed by atoms with E-state index in [2.05, 4.69) is 11.4 Å². The first-order valence-electron chi connectivity index (χ1n) is 8.93. The van der Waals surface area contributed by atoms with Crippen molar-refractivity contribution in [3.05, 3.63) is 64.2 Å². The fourth-order valence-electron chi connectivity index (χ4n) is 3.23. The molecule has 3 nitrogen and oxygen atoms in total. The first-order valence-corrected chi connectivity index (χ1v) is 9.31. The summed E-state index contributed by atoms with van der Waals surface area (Å²) in [5, 5.41) is 3.67. The van der Waals surface area contributed by atoms with Gasteiger partial charge in [-0.1, -0.05) is 35.9 Å². The van der Waals surface area contributed by atoms with Crippen molar-refractivity contribution in [1.82, 2.24) is 5.32 Å². The monoisotopic (exact) mass is 357 g/mol. The molecule has 2 aromatic rings. The zero-order chi connectivity index (χ0) is 17.6. The van der Waals surface area contributed by atoms with Crippen LogP contribution in [0.2, 0.25) is 5.02 Å². The lowest BCUT2D eigenvalue weighted by molar-refractivity contribution is -0.127. The Morgan fingerprint density at radius 1 is 1.16 bits per heavy atom. The Morgan fingerprint density at radius 3 is 2.72 bits per heavy atom. The highest BCUT2D eigenvalue weighted by atomic mass is 35.5. The average Bonchev–Trinajstić information content (AvgIpc) is 2.63. The molecule has 0 bridgehead atoms. The molecule has 0 radical (unpaired) electrons. The van der Waals surface area contributed by atoms with E-state index in [0.717, 1.165) is 35.6 Å². The van der Waals surface area contributed by atoms with Crippen molar-refractivity contribution in [2.75, 3.05) is 6.54 Å². The molecule has 0 saturated heterocycles. The van der Waals surface area contributed by atoms with Crippen LogP contribution in [0.3, 0.4) is 0 Å². The van der Waals surface area contributed by atoms with Crippen LogP contribution in [0, 0.1) is 0 Å². The molecule has 1 N–H and O–H groups in total. The predicted octanol–water partition coefficient (Wildman–Crippen LogP) is 4.35. The summed E-state index contributed by atoms with van der Waals surface area (Å²) in [5.41, 5.74) is 3.78. The van der Waals surface area contributed by atoms with Gasteiger partial charge in [-0.25, -0.2) is 0 Å². The van der Waals surface area contributed by atoms with Gasteiger partial charge < -0.3 is 10.1 Å². The molecule has 132 valence electrons. The largest absolute Gasteiger partial charge is 0.481 e. The number of ether oxygens (including phenoxy) is 1. The molecule has 0 aliphatic heterocycles. The third-order valence-corrected chi connectivity index (χ3v) is 4.90. The second kappa shape index (κ2) is 8.39. The lowest BCUT2D eigenvalue weighted by Crippen LogP contribution is -2.37. The number of amides is 1. The highest BCUT2D eigenvalue weighted by Gasteiger charge is 2.19. The van der Waals surface area contributed by atoms with Gasteiger partial charge in [-0.15, -0.1) is 0 Å². The number of rotatable bonds is 6. The molecule has 0 fully saturated rings. The summed E-state index contributed by atoms with van der Waals surface area (Å²) in [6.07, 6.45) is 4.84. The summed E-state index contributed by atoms with van der Waals surface area (Å²) in [7, 11) is 0. The van der Waals surface area contributed by atoms with E-state index in [1.165, 1.54) is 24.0 Å². The smallest absolute Gasteiger partial charge is 0.260 e. The van der Waals surface area contributed by atoms with Crippen LogP contribution in [0.4, 0.5) is 0 Å². The molecular weight excluding hydrogens is 334 g/mol. The lowest BCUT2D eigenvalue weighted by atomic mass is 9.91. The van der Waals surface area contributed by atoms with E-state index in [9.17, 15) is 4.79 Å². The first-order chi connectivity index (χ1) is 12.1. The number of fused-ring (bicyclic) bond motifs is 1. The van der Waals surface area contributed by atoms with Gasteiger partial charge in [0.05, 0.1) is 0 Å². The summed E-state index contributed by atoms with van der Waals surface area (Å²) in [6.45, 7) is 2.39. The van der Waals surface area contributed by atoms with Crippen molar-refractivity contribution in [3.8, 4) is 5.75 Å². The Kier molecular flexibility index (Phi) is 5.98. The van der Waals surface area contributed by atoms with Gasteiger partial charge in [0.1, 0.15) is 5.75 Å². The first kappa shape index (κ1) is 17.8. The van der Waals surface area contributed by atoms with Gasteiger partial charge in [0, 0.05) is 11.6 Å². The van der Waals surface area contributed by atoms with Crippen LogP contribution in [0.15, 0.2) is 42.5 Å². The van der Waals surface area contributed by atoms with E-state index in [-0.39, 0.29) is 5.91 Å². The SMILES string of the molecule is C[C@@H](Oc1cccc2c1CCCC2)C(=O)NCCc1ccc(Cl)cc1. The maximum atomic E-state index is 12.3. The third kappa shape index (κ3) is 4.76. The molecule has 0 saturated carbocycles. The lowest BCUT2D eigenvalue weighted by Gasteiger charge is -2.22. The summed E-state index contributed by atoms with van der Waals surface area (Å²) in [5.74, 6) is 0.778. The summed E-state index contributed by atoms with van der Waals surface area (Å²) in [4.78, 5) is 12.3. The van der Waals surface area contributed by atoms with Gasteiger partial charge in [-0.05, 0) is 73.9 Å². The highest BCUT2D eigenvalue weighted by molar-refractivity contribution is 6.30. The molecular formula is C21H24ClNO2. The minimum Gasteiger partial charge on any atom is -0.481 e. The third-order valence-electron chi connectivity index (χ3n) is 4.65. The van der Waals surface area contributed by atoms with Crippen LogP contribution >= 0.6 is 11.6 Å². The molecule has 0 aromatic heterocycles. The van der Waals surface area contributed by atoms with Crippen molar-refractivity contribution in [1.29, 1.82) is 0 Å². The Bertz CT molecular complexity index is 727. The molecule has 0 heterocycles. The van der Waals surface area contributed by atoms with Crippen molar-refractivity contribution in [2.24, 2.45) is 0 Å². The second-order valence-electron chi connectivity index (χ2n) is 6.53. The standard InChI is InChI=1S/C21H24ClNO2/c1-15(21(24)23-14-13-16-9-11-18(22)12-10-16)25-20-8-4-6-17-5-2-3-7-19(17)20/h4,6,8-12,15H,2-3,5,7,13-14H2,1H3,(H,23,24)/t15-/m1/s1. The van der Waals surface area contributed by atoms with Crippen LogP contribution in [-0.2, 0) is 24.1 Å². The number of benzene rings is 2. The normalized spacial score (nSPS) is 14.5. The fraction of sp³-hybridized carbons (Fsp3) is 0.381. The van der Waals surface area contributed by atoms with Crippen LogP contribution in [0.1, 0.15) is 36.5 Å². The minimum atomic E-state index is -0.501. The molecule has 1 aliphatic carbocycles. The van der Waals surface area contributed by atoms with Gasteiger partial charge in [0.25, 0.3) is 5.91 Å². The molecule has 25 heavy (non-hydrogen) atoms. The second-order valence-corrected chi connectivity index (χ2v) is 6.96. The van der Waals surface area contributed by atoms with Crippen LogP contribution in [0.25, 0.3) is 0 Å². The average molecular weight is 358 g/mol. The number of hydrogen-bond acceptors (Lipinski definition) is 2. The molecule has 1 atom stereocenters. The predicted molar refractivity (Wildman–Crippen MR) is 101 cm³/mol. The van der Waals surface area contributed by atoms with E-state index in [0.29, 0.717) is 6.54 Å². The Balaban J connectivity index is 1.52.